The van der Waals surface area contributed by atoms with E-state index in [-0.39, 0.29) is 23.0 Å². The van der Waals surface area contributed by atoms with Gasteiger partial charge in [-0.25, -0.2) is 4.98 Å². The van der Waals surface area contributed by atoms with E-state index in [0.29, 0.717) is 45.7 Å². The fourth-order valence-electron chi connectivity index (χ4n) is 9.05. The van der Waals surface area contributed by atoms with E-state index in [1.165, 1.54) is 141 Å². The second kappa shape index (κ2) is 46.2. The number of nitrogens with zero attached hydrogens (tertiary/aromatic N) is 5. The average molecular weight is 1250 g/mol. The van der Waals surface area contributed by atoms with Crippen LogP contribution in [0.5, 0.6) is 11.5 Å². The molecular formula is C60H103BrCl2N8O10. The first-order valence-corrected chi connectivity index (χ1v) is 30.9. The van der Waals surface area contributed by atoms with Crippen molar-refractivity contribution < 1.29 is 40.0 Å². The van der Waals surface area contributed by atoms with Crippen LogP contribution in [0, 0.1) is 17.0 Å². The zero-order chi connectivity index (χ0) is 61.2. The highest BCUT2D eigenvalue weighted by Gasteiger charge is 2.38. The summed E-state index contributed by atoms with van der Waals surface area (Å²) >= 11 is 14.3. The van der Waals surface area contributed by atoms with E-state index in [0.717, 1.165) is 69.5 Å². The second-order valence-corrected chi connectivity index (χ2v) is 23.6. The second-order valence-electron chi connectivity index (χ2n) is 21.3. The van der Waals surface area contributed by atoms with E-state index >= 15 is 0 Å². The van der Waals surface area contributed by atoms with Gasteiger partial charge in [0.25, 0.3) is 11.5 Å². The molecule has 21 heteroatoms. The predicted molar refractivity (Wildman–Crippen MR) is 336 cm³/mol. The van der Waals surface area contributed by atoms with Gasteiger partial charge in [-0.1, -0.05) is 159 Å². The smallest absolute Gasteiger partial charge is 0.319 e. The molecule has 1 aliphatic heterocycles. The summed E-state index contributed by atoms with van der Waals surface area (Å²) in [4.78, 5) is 45.5. The molecule has 464 valence electrons. The van der Waals surface area contributed by atoms with Crippen molar-refractivity contribution in [3.05, 3.63) is 89.3 Å². The van der Waals surface area contributed by atoms with Gasteiger partial charge in [-0.3, -0.25) is 34.6 Å². The minimum absolute atomic E-state index is 0.000324. The van der Waals surface area contributed by atoms with Crippen LogP contribution in [0.1, 0.15) is 205 Å². The quantitative estimate of drug-likeness (QED) is 0.00936. The number of aromatic hydroxyl groups is 2. The predicted octanol–water partition coefficient (Wildman–Crippen LogP) is 12.9. The third kappa shape index (κ3) is 37.6. The lowest BCUT2D eigenvalue weighted by Crippen LogP contribution is -2.50. The van der Waals surface area contributed by atoms with Crippen LogP contribution in [-0.4, -0.2) is 127 Å². The van der Waals surface area contributed by atoms with Crippen LogP contribution in [0.2, 0.25) is 10.0 Å². The largest absolute Gasteiger partial charge is 0.508 e. The summed E-state index contributed by atoms with van der Waals surface area (Å²) in [5, 5.41) is 54.4. The number of guanidine groups is 1. The molecule has 2 aliphatic rings. The number of H-pyrrole nitrogens is 1. The molecule has 1 saturated carbocycles. The standard InChI is InChI=1S/C18H35NO.C13H10Cl2O2.C13H29N3.C11H19N3O.C3H6BrNO4.C2H4O2/c1-16-14-19(15-17(2)20-16)18-12-10-8-6-4-3-5-7-9-11-13-18;14-10-1-3-12(16)8(6-10)5-9-7-11(15)2-4-13(9)17;1-2-3-4-5-6-7-8-9-10-11-12-16-13(14)15;1-5-6-7-9-8(2)12-11(14(3)4)13-10(9)15;4-3(1-6,2-7)5(8)9;1-2(3)4/h16-18H,3-15H2,1-2H3;1-4,6-7,16-17H,5H2;2-12H2,1H3,(H4,14,15,16);5-7H2,1-4H3,(H,12,13,15);6-7H,1-2H2;1H3,(H,3,4). The number of carboxylic acid groups (broad SMARTS) is 1. The fraction of sp³-hybridized carbons (Fsp3) is 0.700. The van der Waals surface area contributed by atoms with Crippen molar-refractivity contribution in [3.8, 4) is 11.5 Å². The van der Waals surface area contributed by atoms with Gasteiger partial charge in [0.05, 0.1) is 12.2 Å². The number of aromatic nitrogens is 2. The van der Waals surface area contributed by atoms with E-state index in [9.17, 15) is 25.1 Å². The number of benzene rings is 2. The number of aliphatic hydroxyl groups is 2. The first kappa shape index (κ1) is 76.8. The number of nitro groups is 1. The summed E-state index contributed by atoms with van der Waals surface area (Å²) in [7, 11) is 3.73. The topological polar surface area (TPSA) is 287 Å². The number of hydrogen-bond donors (Lipinski definition) is 8. The third-order valence-electron chi connectivity index (χ3n) is 13.5. The number of halogens is 3. The Kier molecular flexibility index (Phi) is 43.8. The number of aromatic amines is 1. The van der Waals surface area contributed by atoms with Crippen molar-refractivity contribution in [1.82, 2.24) is 14.9 Å². The molecule has 2 atom stereocenters. The zero-order valence-electron chi connectivity index (χ0n) is 50.2. The van der Waals surface area contributed by atoms with Crippen molar-refractivity contribution in [2.45, 2.75) is 225 Å². The maximum absolute atomic E-state index is 11.7. The van der Waals surface area contributed by atoms with Crippen molar-refractivity contribution in [2.75, 3.05) is 51.8 Å². The van der Waals surface area contributed by atoms with Gasteiger partial charge in [0.2, 0.25) is 5.95 Å². The number of carboxylic acids is 1. The highest BCUT2D eigenvalue weighted by Crippen LogP contribution is 2.29. The first-order valence-electron chi connectivity index (χ1n) is 29.4. The number of aryl methyl sites for hydroxylation is 1. The molecule has 2 unspecified atom stereocenters. The molecule has 1 saturated heterocycles. The van der Waals surface area contributed by atoms with E-state index in [1.807, 2.05) is 21.0 Å². The molecule has 5 rings (SSSR count). The van der Waals surface area contributed by atoms with Gasteiger partial charge < -0.3 is 46.6 Å². The number of hydrogen-bond acceptors (Lipinski definition) is 13. The number of unbranched alkanes of at least 4 members (excludes halogenated alkanes) is 10. The lowest BCUT2D eigenvalue weighted by molar-refractivity contribution is -0.542. The van der Waals surface area contributed by atoms with Gasteiger partial charge in [-0.05, 0) is 100 Å². The Bertz CT molecular complexity index is 2160. The fourth-order valence-corrected chi connectivity index (χ4v) is 9.44. The summed E-state index contributed by atoms with van der Waals surface area (Å²) < 4.78 is 4.13. The van der Waals surface area contributed by atoms with Gasteiger partial charge in [0.15, 0.2) is 5.96 Å². The molecule has 2 aromatic carbocycles. The number of aliphatic carboxylic acids is 1. The van der Waals surface area contributed by atoms with E-state index in [4.69, 9.17) is 59.5 Å². The molecule has 2 heterocycles. The minimum Gasteiger partial charge on any atom is -0.508 e. The normalized spacial score (nSPS) is 16.0. The first-order chi connectivity index (χ1) is 38.4. The van der Waals surface area contributed by atoms with Crippen LogP contribution >= 0.6 is 39.1 Å². The van der Waals surface area contributed by atoms with Crippen LogP contribution in [0.4, 0.5) is 5.95 Å². The maximum atomic E-state index is 11.7. The third-order valence-corrected chi connectivity index (χ3v) is 14.8. The van der Waals surface area contributed by atoms with E-state index in [1.54, 1.807) is 29.2 Å². The van der Waals surface area contributed by atoms with Gasteiger partial charge in [-0.2, -0.15) is 0 Å². The summed E-state index contributed by atoms with van der Waals surface area (Å²) in [6, 6.07) is 10.4. The molecule has 0 radical (unpaired) electrons. The summed E-state index contributed by atoms with van der Waals surface area (Å²) in [5.41, 5.74) is 13.4. The number of anilines is 1. The number of nitrogens with one attached hydrogen (secondary N) is 1. The SMILES string of the molecule is CC(=O)O.CC1CN(C2CCCCCCCCCCC2)CC(C)O1.CCCCCCCCCCCCN=C(N)N.CCCCc1c(C)nc(N(C)C)[nH]c1=O.O=[N+]([O-])C(Br)(CO)CO.Oc1ccc(Cl)cc1Cc1cc(Cl)ccc1O. The lowest BCUT2D eigenvalue weighted by Gasteiger charge is -2.40. The van der Waals surface area contributed by atoms with Gasteiger partial charge in [0.1, 0.15) is 24.7 Å². The molecule has 0 amide bonds. The van der Waals surface area contributed by atoms with Crippen LogP contribution < -0.4 is 21.9 Å². The van der Waals surface area contributed by atoms with Crippen LogP contribution in [0.3, 0.4) is 0 Å². The number of aliphatic imine (C=N–C) groups is 1. The maximum Gasteiger partial charge on any atom is 0.319 e. The minimum atomic E-state index is -1.77. The molecular weight excluding hydrogens is 1140 g/mol. The van der Waals surface area contributed by atoms with Crippen molar-refractivity contribution in [3.63, 3.8) is 0 Å². The van der Waals surface area contributed by atoms with Crippen molar-refractivity contribution >= 4 is 57.0 Å². The zero-order valence-corrected chi connectivity index (χ0v) is 53.3. The Morgan fingerprint density at radius 1 is 0.815 bits per heavy atom. The number of alkyl halides is 1. The number of phenolic OH excluding ortho intramolecular Hbond substituents is 2. The summed E-state index contributed by atoms with van der Waals surface area (Å²) in [5.74, 6) is 0.302. The van der Waals surface area contributed by atoms with E-state index in [2.05, 4.69) is 63.5 Å². The van der Waals surface area contributed by atoms with Gasteiger partial charge >= 0.3 is 4.45 Å². The number of phenols is 2. The number of ether oxygens (including phenoxy) is 1. The molecule has 1 aliphatic carbocycles. The van der Waals surface area contributed by atoms with Gasteiger partial charge in [0, 0.05) is 95.3 Å². The molecule has 0 bridgehead atoms. The molecule has 3 aromatic rings. The summed E-state index contributed by atoms with van der Waals surface area (Å²) in [6.45, 7) is 13.5. The molecule has 0 spiro atoms. The van der Waals surface area contributed by atoms with Crippen LogP contribution in [-0.2, 0) is 22.4 Å². The number of nitrogens with two attached hydrogens (primary N) is 2. The Morgan fingerprint density at radius 2 is 1.23 bits per heavy atom. The van der Waals surface area contributed by atoms with Crippen molar-refractivity contribution in [2.24, 2.45) is 16.5 Å². The highest BCUT2D eigenvalue weighted by molar-refractivity contribution is 9.10. The number of rotatable bonds is 21. The molecule has 10 N–H and O–H groups in total. The lowest BCUT2D eigenvalue weighted by atomic mass is 9.96. The average Bonchev–Trinajstić information content (AvgIpc) is 3.40. The Morgan fingerprint density at radius 3 is 1.60 bits per heavy atom. The molecule has 2 fully saturated rings. The number of carbonyl (C=O) groups is 1. The van der Waals surface area contributed by atoms with E-state index < -0.39 is 28.6 Å². The molecule has 81 heavy (non-hydrogen) atoms. The number of morpholine rings is 1. The van der Waals surface area contributed by atoms with Crippen molar-refractivity contribution in [1.29, 1.82) is 0 Å². The molecule has 18 nitrogen and oxygen atoms in total. The monoisotopic (exact) mass is 1240 g/mol. The molecule has 1 aromatic heterocycles. The Balaban J connectivity index is 0.000000987. The van der Waals surface area contributed by atoms with Gasteiger partial charge in [-0.15, -0.1) is 0 Å². The Labute approximate surface area is 503 Å². The van der Waals surface area contributed by atoms with Crippen LogP contribution in [0.25, 0.3) is 0 Å². The Hall–Kier alpha value is -4.24. The highest BCUT2D eigenvalue weighted by atomic mass is 79.9. The van der Waals surface area contributed by atoms with Crippen LogP contribution in [0.15, 0.2) is 46.2 Å². The summed E-state index contributed by atoms with van der Waals surface area (Å²) in [6.07, 6.45) is 33.5. The number of aliphatic hydroxyl groups excluding tert-OH is 2.